The lowest BCUT2D eigenvalue weighted by Crippen LogP contribution is -2.24. The maximum Gasteiger partial charge on any atom is 0.253 e. The summed E-state index contributed by atoms with van der Waals surface area (Å²) in [6, 6.07) is 1.58. The molecule has 0 spiro atoms. The van der Waals surface area contributed by atoms with Crippen LogP contribution < -0.4 is 5.32 Å². The summed E-state index contributed by atoms with van der Waals surface area (Å²) in [5.41, 5.74) is 0.460. The quantitative estimate of drug-likeness (QED) is 0.658. The first-order valence-electron chi connectivity index (χ1n) is 3.44. The number of carbonyl (C=O) groups is 1. The first-order valence-corrected chi connectivity index (χ1v) is 6.54. The van der Waals surface area contributed by atoms with Crippen LogP contribution in [0.3, 0.4) is 0 Å². The first-order chi connectivity index (χ1) is 6.15. The highest BCUT2D eigenvalue weighted by molar-refractivity contribution is 14.1. The van der Waals surface area contributed by atoms with Gasteiger partial charge in [-0.3, -0.25) is 4.79 Å². The zero-order valence-corrected chi connectivity index (χ0v) is 10.9. The van der Waals surface area contributed by atoms with Gasteiger partial charge in [0.1, 0.15) is 4.34 Å². The lowest BCUT2D eigenvalue weighted by atomic mass is 10.3. The smallest absolute Gasteiger partial charge is 0.253 e. The Bertz CT molecular complexity index is 315. The summed E-state index contributed by atoms with van der Waals surface area (Å²) >= 11 is 14.9. The summed E-state index contributed by atoms with van der Waals surface area (Å²) in [6.45, 7) is 0.642. The molecule has 13 heavy (non-hydrogen) atoms. The van der Waals surface area contributed by atoms with Crippen LogP contribution in [0, 0.1) is 0 Å². The normalized spacial score (nSPS) is 10.1. The van der Waals surface area contributed by atoms with Crippen LogP contribution in [-0.2, 0) is 0 Å². The Hall–Kier alpha value is 0.480. The van der Waals surface area contributed by atoms with Crippen molar-refractivity contribution in [3.8, 4) is 0 Å². The van der Waals surface area contributed by atoms with Crippen LogP contribution in [0.15, 0.2) is 6.07 Å². The average Bonchev–Trinajstić information content (AvgIpc) is 2.41. The number of thiophene rings is 1. The van der Waals surface area contributed by atoms with Gasteiger partial charge in [-0.2, -0.15) is 0 Å². The minimum absolute atomic E-state index is 0.162. The Morgan fingerprint density at radius 3 is 2.77 bits per heavy atom. The Balaban J connectivity index is 2.70. The molecule has 0 aliphatic rings. The highest BCUT2D eigenvalue weighted by atomic mass is 127. The van der Waals surface area contributed by atoms with Gasteiger partial charge in [-0.1, -0.05) is 45.8 Å². The molecule has 6 heteroatoms. The molecular weight excluding hydrogens is 344 g/mol. The summed E-state index contributed by atoms with van der Waals surface area (Å²) in [7, 11) is 0. The maximum absolute atomic E-state index is 11.4. The van der Waals surface area contributed by atoms with E-state index in [1.165, 1.54) is 11.3 Å². The van der Waals surface area contributed by atoms with Crippen LogP contribution in [0.4, 0.5) is 0 Å². The topological polar surface area (TPSA) is 29.1 Å². The van der Waals surface area contributed by atoms with Crippen molar-refractivity contribution in [3.63, 3.8) is 0 Å². The Labute approximate surface area is 104 Å². The molecule has 1 N–H and O–H groups in total. The Kier molecular flexibility index (Phi) is 4.78. The van der Waals surface area contributed by atoms with Gasteiger partial charge in [0, 0.05) is 11.0 Å². The van der Waals surface area contributed by atoms with Gasteiger partial charge < -0.3 is 5.32 Å². The standard InChI is InChI=1S/C7H6Cl2INOS/c8-5-3-4(6(9)13-5)7(12)11-2-1-10/h3H,1-2H2,(H,11,12). The number of alkyl halides is 1. The second-order valence-corrected chi connectivity index (χ2v) is 5.55. The van der Waals surface area contributed by atoms with E-state index in [0.29, 0.717) is 20.8 Å². The van der Waals surface area contributed by atoms with Crippen molar-refractivity contribution in [1.82, 2.24) is 5.32 Å². The van der Waals surface area contributed by atoms with E-state index in [0.717, 1.165) is 4.43 Å². The summed E-state index contributed by atoms with van der Waals surface area (Å²) in [5.74, 6) is -0.162. The van der Waals surface area contributed by atoms with Crippen LogP contribution in [-0.4, -0.2) is 16.9 Å². The number of halogens is 3. The summed E-state index contributed by atoms with van der Waals surface area (Å²) < 4.78 is 1.85. The van der Waals surface area contributed by atoms with Crippen LogP contribution in [0.2, 0.25) is 8.67 Å². The molecule has 2 nitrogen and oxygen atoms in total. The molecule has 1 aromatic heterocycles. The molecule has 0 aliphatic heterocycles. The van der Waals surface area contributed by atoms with Gasteiger partial charge in [-0.05, 0) is 6.07 Å². The number of rotatable bonds is 3. The molecule has 72 valence electrons. The summed E-state index contributed by atoms with van der Waals surface area (Å²) in [4.78, 5) is 11.4. The summed E-state index contributed by atoms with van der Waals surface area (Å²) in [6.07, 6.45) is 0. The van der Waals surface area contributed by atoms with Crippen molar-refractivity contribution in [2.75, 3.05) is 11.0 Å². The second kappa shape index (κ2) is 5.38. The SMILES string of the molecule is O=C(NCCI)c1cc(Cl)sc1Cl. The third-order valence-electron chi connectivity index (χ3n) is 1.28. The van der Waals surface area contributed by atoms with Crippen LogP contribution in [0.1, 0.15) is 10.4 Å². The number of carbonyl (C=O) groups excluding carboxylic acids is 1. The number of nitrogens with one attached hydrogen (secondary N) is 1. The van der Waals surface area contributed by atoms with E-state index in [2.05, 4.69) is 27.9 Å². The molecular formula is C7H6Cl2INOS. The van der Waals surface area contributed by atoms with Gasteiger partial charge >= 0.3 is 0 Å². The molecule has 1 heterocycles. The molecule has 0 unspecified atom stereocenters. The first kappa shape index (κ1) is 11.6. The van der Waals surface area contributed by atoms with Crippen molar-refractivity contribution in [2.24, 2.45) is 0 Å². The highest BCUT2D eigenvalue weighted by Gasteiger charge is 2.12. The van der Waals surface area contributed by atoms with Gasteiger partial charge in [-0.15, -0.1) is 11.3 Å². The summed E-state index contributed by atoms with van der Waals surface area (Å²) in [5, 5.41) is 2.72. The molecule has 1 amide bonds. The van der Waals surface area contributed by atoms with E-state index in [-0.39, 0.29) is 5.91 Å². The van der Waals surface area contributed by atoms with Gasteiger partial charge in [0.2, 0.25) is 0 Å². The molecule has 1 aromatic rings. The molecule has 0 aromatic carbocycles. The molecule has 0 aliphatic carbocycles. The zero-order valence-electron chi connectivity index (χ0n) is 6.44. The fourth-order valence-electron chi connectivity index (χ4n) is 0.751. The molecule has 0 atom stereocenters. The average molecular weight is 350 g/mol. The van der Waals surface area contributed by atoms with E-state index in [9.17, 15) is 4.79 Å². The fraction of sp³-hybridized carbons (Fsp3) is 0.286. The number of amides is 1. The van der Waals surface area contributed by atoms with E-state index in [1.54, 1.807) is 6.07 Å². The van der Waals surface area contributed by atoms with E-state index < -0.39 is 0 Å². The number of hydrogen-bond acceptors (Lipinski definition) is 2. The van der Waals surface area contributed by atoms with Crippen LogP contribution in [0.25, 0.3) is 0 Å². The zero-order chi connectivity index (χ0) is 9.84. The van der Waals surface area contributed by atoms with Crippen molar-refractivity contribution < 1.29 is 4.79 Å². The van der Waals surface area contributed by atoms with E-state index >= 15 is 0 Å². The van der Waals surface area contributed by atoms with Gasteiger partial charge in [0.05, 0.1) is 9.90 Å². The minimum atomic E-state index is -0.162. The molecule has 0 fully saturated rings. The maximum atomic E-state index is 11.4. The highest BCUT2D eigenvalue weighted by Crippen LogP contribution is 2.30. The van der Waals surface area contributed by atoms with Crippen molar-refractivity contribution >= 4 is 63.0 Å². The molecule has 1 rings (SSSR count). The van der Waals surface area contributed by atoms with Gasteiger partial charge in [-0.25, -0.2) is 0 Å². The molecule has 0 bridgehead atoms. The minimum Gasteiger partial charge on any atom is -0.351 e. The second-order valence-electron chi connectivity index (χ2n) is 2.18. The van der Waals surface area contributed by atoms with Crippen molar-refractivity contribution in [2.45, 2.75) is 0 Å². The predicted molar refractivity (Wildman–Crippen MR) is 65.6 cm³/mol. The van der Waals surface area contributed by atoms with Crippen LogP contribution in [0.5, 0.6) is 0 Å². The Morgan fingerprint density at radius 2 is 2.31 bits per heavy atom. The monoisotopic (exact) mass is 349 g/mol. The van der Waals surface area contributed by atoms with Crippen molar-refractivity contribution in [3.05, 3.63) is 20.3 Å². The third kappa shape index (κ3) is 3.27. The van der Waals surface area contributed by atoms with E-state index in [1.807, 2.05) is 0 Å². The lowest BCUT2D eigenvalue weighted by molar-refractivity contribution is 0.0957. The molecule has 0 radical (unpaired) electrons. The molecule has 0 saturated carbocycles. The van der Waals surface area contributed by atoms with Gasteiger partial charge in [0.25, 0.3) is 5.91 Å². The number of hydrogen-bond donors (Lipinski definition) is 1. The fourth-order valence-corrected chi connectivity index (χ4v) is 2.48. The third-order valence-corrected chi connectivity index (χ3v) is 3.31. The lowest BCUT2D eigenvalue weighted by Gasteiger charge is -1.99. The predicted octanol–water partition coefficient (Wildman–Crippen LogP) is 3.22. The van der Waals surface area contributed by atoms with Gasteiger partial charge in [0.15, 0.2) is 0 Å². The molecule has 0 saturated heterocycles. The Morgan fingerprint density at radius 1 is 1.62 bits per heavy atom. The van der Waals surface area contributed by atoms with Crippen molar-refractivity contribution in [1.29, 1.82) is 0 Å². The van der Waals surface area contributed by atoms with E-state index in [4.69, 9.17) is 23.2 Å². The van der Waals surface area contributed by atoms with Crippen LogP contribution >= 0.6 is 57.1 Å². The largest absolute Gasteiger partial charge is 0.351 e.